The lowest BCUT2D eigenvalue weighted by Gasteiger charge is -2.31. The SMILES string of the molecule is CCOc1ccc(NC(=O)N2Cc3ccccc3-n3cccc3[C@H]2c2cc(F)cc(F)c2)cc1. The van der Waals surface area contributed by atoms with E-state index in [1.165, 1.54) is 12.1 Å². The summed E-state index contributed by atoms with van der Waals surface area (Å²) >= 11 is 0. The summed E-state index contributed by atoms with van der Waals surface area (Å²) in [6, 6.07) is 20.8. The molecule has 0 unspecified atom stereocenters. The minimum absolute atomic E-state index is 0.253. The molecule has 0 radical (unpaired) electrons. The predicted molar refractivity (Wildman–Crippen MR) is 126 cm³/mol. The van der Waals surface area contributed by atoms with E-state index in [0.29, 0.717) is 23.6 Å². The van der Waals surface area contributed by atoms with Crippen molar-refractivity contribution in [3.05, 3.63) is 114 Å². The van der Waals surface area contributed by atoms with Crippen LogP contribution in [0.4, 0.5) is 19.3 Å². The highest BCUT2D eigenvalue weighted by atomic mass is 19.1. The lowest BCUT2D eigenvalue weighted by Crippen LogP contribution is -2.38. The summed E-state index contributed by atoms with van der Waals surface area (Å²) in [4.78, 5) is 15.2. The van der Waals surface area contributed by atoms with Crippen molar-refractivity contribution in [3.63, 3.8) is 0 Å². The smallest absolute Gasteiger partial charge is 0.322 e. The standard InChI is InChI=1S/C27H23F2N3O2/c1-2-34-23-11-9-22(10-12-23)30-27(33)32-17-18-6-3-4-7-24(18)31-13-5-8-25(31)26(32)19-14-20(28)16-21(29)15-19/h3-16,26H,2,17H2,1H3,(H,30,33)/t26-/m1/s1. The van der Waals surface area contributed by atoms with E-state index < -0.39 is 17.7 Å². The van der Waals surface area contributed by atoms with Gasteiger partial charge in [0.15, 0.2) is 0 Å². The number of nitrogens with one attached hydrogen (secondary N) is 1. The van der Waals surface area contributed by atoms with Crippen LogP contribution in [0, 0.1) is 11.6 Å². The molecular weight excluding hydrogens is 436 g/mol. The number of hydrogen-bond donors (Lipinski definition) is 1. The Hall–Kier alpha value is -4.13. The normalized spacial score (nSPS) is 14.7. The van der Waals surface area contributed by atoms with Gasteiger partial charge < -0.3 is 19.5 Å². The molecule has 0 fully saturated rings. The van der Waals surface area contributed by atoms with E-state index in [0.717, 1.165) is 23.0 Å². The molecule has 1 atom stereocenters. The Morgan fingerprint density at radius 1 is 1.00 bits per heavy atom. The fourth-order valence-corrected chi connectivity index (χ4v) is 4.42. The number of nitrogens with zero attached hydrogens (tertiary/aromatic N) is 2. The van der Waals surface area contributed by atoms with Gasteiger partial charge in [-0.25, -0.2) is 13.6 Å². The van der Waals surface area contributed by atoms with Crippen LogP contribution in [-0.4, -0.2) is 22.1 Å². The molecule has 34 heavy (non-hydrogen) atoms. The van der Waals surface area contributed by atoms with Crippen LogP contribution in [0.2, 0.25) is 0 Å². The van der Waals surface area contributed by atoms with Crippen LogP contribution in [0.25, 0.3) is 5.69 Å². The van der Waals surface area contributed by atoms with Crippen LogP contribution in [0.1, 0.15) is 29.8 Å². The van der Waals surface area contributed by atoms with Crippen molar-refractivity contribution in [1.82, 2.24) is 9.47 Å². The zero-order valence-electron chi connectivity index (χ0n) is 18.5. The Labute approximate surface area is 196 Å². The van der Waals surface area contributed by atoms with E-state index in [1.54, 1.807) is 29.2 Å². The number of anilines is 1. The lowest BCUT2D eigenvalue weighted by atomic mass is 10.0. The number of rotatable bonds is 4. The van der Waals surface area contributed by atoms with Gasteiger partial charge in [-0.15, -0.1) is 0 Å². The number of aromatic nitrogens is 1. The molecule has 1 aliphatic rings. The number of benzene rings is 3. The Kier molecular flexibility index (Phi) is 5.76. The van der Waals surface area contributed by atoms with E-state index in [2.05, 4.69) is 5.32 Å². The van der Waals surface area contributed by atoms with Gasteiger partial charge in [-0.2, -0.15) is 0 Å². The number of halogens is 2. The number of hydrogen-bond acceptors (Lipinski definition) is 2. The highest BCUT2D eigenvalue weighted by Gasteiger charge is 2.33. The number of amides is 2. The second-order valence-corrected chi connectivity index (χ2v) is 8.05. The summed E-state index contributed by atoms with van der Waals surface area (Å²) in [5.41, 5.74) is 3.51. The molecule has 0 aliphatic carbocycles. The van der Waals surface area contributed by atoms with E-state index in [-0.39, 0.29) is 12.6 Å². The summed E-state index contributed by atoms with van der Waals surface area (Å²) in [7, 11) is 0. The van der Waals surface area contributed by atoms with Gasteiger partial charge in [-0.1, -0.05) is 18.2 Å². The summed E-state index contributed by atoms with van der Waals surface area (Å²) < 4.78 is 35.9. The van der Waals surface area contributed by atoms with Crippen molar-refractivity contribution >= 4 is 11.7 Å². The molecule has 172 valence electrons. The molecule has 0 spiro atoms. The number of fused-ring (bicyclic) bond motifs is 3. The third kappa shape index (κ3) is 4.12. The molecule has 5 nitrogen and oxygen atoms in total. The minimum Gasteiger partial charge on any atom is -0.494 e. The van der Waals surface area contributed by atoms with Crippen molar-refractivity contribution in [2.24, 2.45) is 0 Å². The Morgan fingerprint density at radius 3 is 2.47 bits per heavy atom. The molecule has 7 heteroatoms. The Bertz CT molecular complexity index is 1310. The summed E-state index contributed by atoms with van der Waals surface area (Å²) in [5.74, 6) is -0.682. The van der Waals surface area contributed by atoms with Crippen molar-refractivity contribution in [1.29, 1.82) is 0 Å². The highest BCUT2D eigenvalue weighted by molar-refractivity contribution is 5.90. The third-order valence-electron chi connectivity index (χ3n) is 5.84. The average molecular weight is 459 g/mol. The van der Waals surface area contributed by atoms with Crippen LogP contribution < -0.4 is 10.1 Å². The first-order valence-electron chi connectivity index (χ1n) is 11.1. The predicted octanol–water partition coefficient (Wildman–Crippen LogP) is 6.29. The highest BCUT2D eigenvalue weighted by Crippen LogP contribution is 2.37. The van der Waals surface area contributed by atoms with Crippen LogP contribution in [0.15, 0.2) is 85.1 Å². The topological polar surface area (TPSA) is 46.5 Å². The van der Waals surface area contributed by atoms with E-state index in [1.807, 2.05) is 54.1 Å². The summed E-state index contributed by atoms with van der Waals surface area (Å²) in [6.45, 7) is 2.70. The largest absolute Gasteiger partial charge is 0.494 e. The first-order valence-corrected chi connectivity index (χ1v) is 11.1. The maximum Gasteiger partial charge on any atom is 0.322 e. The van der Waals surface area contributed by atoms with Gasteiger partial charge in [0.1, 0.15) is 17.4 Å². The second-order valence-electron chi connectivity index (χ2n) is 8.05. The van der Waals surface area contributed by atoms with Gasteiger partial charge >= 0.3 is 6.03 Å². The monoisotopic (exact) mass is 459 g/mol. The molecular formula is C27H23F2N3O2. The number of carbonyl (C=O) groups is 1. The molecule has 1 aliphatic heterocycles. The zero-order chi connectivity index (χ0) is 23.7. The Morgan fingerprint density at radius 2 is 1.74 bits per heavy atom. The maximum atomic E-state index is 14.2. The molecule has 5 rings (SSSR count). The first-order chi connectivity index (χ1) is 16.5. The van der Waals surface area contributed by atoms with Crippen LogP contribution in [-0.2, 0) is 6.54 Å². The van der Waals surface area contributed by atoms with Crippen LogP contribution in [0.3, 0.4) is 0 Å². The van der Waals surface area contributed by atoms with Gasteiger partial charge in [0, 0.05) is 23.6 Å². The summed E-state index contributed by atoms with van der Waals surface area (Å²) in [5, 5.41) is 2.93. The zero-order valence-corrected chi connectivity index (χ0v) is 18.5. The molecule has 1 N–H and O–H groups in total. The minimum atomic E-state index is -0.713. The van der Waals surface area contributed by atoms with Crippen molar-refractivity contribution < 1.29 is 18.3 Å². The van der Waals surface area contributed by atoms with Gasteiger partial charge in [-0.05, 0) is 72.6 Å². The summed E-state index contributed by atoms with van der Waals surface area (Å²) in [6.07, 6.45) is 1.89. The van der Waals surface area contributed by atoms with Crippen LogP contribution in [0.5, 0.6) is 5.75 Å². The number of para-hydroxylation sites is 1. The molecule has 2 heterocycles. The van der Waals surface area contributed by atoms with Gasteiger partial charge in [0.25, 0.3) is 0 Å². The van der Waals surface area contributed by atoms with E-state index >= 15 is 0 Å². The molecule has 0 saturated carbocycles. The molecule has 2 amide bonds. The average Bonchev–Trinajstić information content (AvgIpc) is 3.24. The maximum absolute atomic E-state index is 14.2. The lowest BCUT2D eigenvalue weighted by molar-refractivity contribution is 0.194. The molecule has 4 aromatic rings. The van der Waals surface area contributed by atoms with Gasteiger partial charge in [-0.3, -0.25) is 0 Å². The molecule has 3 aromatic carbocycles. The Balaban J connectivity index is 1.58. The fraction of sp³-hybridized carbons (Fsp3) is 0.148. The third-order valence-corrected chi connectivity index (χ3v) is 5.84. The van der Waals surface area contributed by atoms with Gasteiger partial charge in [0.05, 0.1) is 24.9 Å². The van der Waals surface area contributed by atoms with Crippen molar-refractivity contribution in [2.75, 3.05) is 11.9 Å². The molecule has 0 saturated heterocycles. The number of carbonyl (C=O) groups excluding carboxylic acids is 1. The second kappa shape index (κ2) is 9.02. The number of ether oxygens (including phenoxy) is 1. The van der Waals surface area contributed by atoms with E-state index in [9.17, 15) is 13.6 Å². The van der Waals surface area contributed by atoms with Crippen molar-refractivity contribution in [2.45, 2.75) is 19.5 Å². The molecule has 0 bridgehead atoms. The van der Waals surface area contributed by atoms with Crippen molar-refractivity contribution in [3.8, 4) is 11.4 Å². The van der Waals surface area contributed by atoms with Gasteiger partial charge in [0.2, 0.25) is 0 Å². The van der Waals surface area contributed by atoms with E-state index in [4.69, 9.17) is 4.74 Å². The quantitative estimate of drug-likeness (QED) is 0.390. The van der Waals surface area contributed by atoms with Crippen LogP contribution >= 0.6 is 0 Å². The molecule has 1 aromatic heterocycles. The first kappa shape index (κ1) is 21.7. The fourth-order valence-electron chi connectivity index (χ4n) is 4.42. The number of urea groups is 1.